The van der Waals surface area contributed by atoms with E-state index in [1.807, 2.05) is 41.5 Å². The minimum Gasteiger partial charge on any atom is -0.444 e. The van der Waals surface area contributed by atoms with Gasteiger partial charge in [0.25, 0.3) is 0 Å². The van der Waals surface area contributed by atoms with E-state index in [1.54, 1.807) is 7.05 Å². The highest BCUT2D eigenvalue weighted by atomic mass is 127. The molecule has 2 amide bonds. The molecule has 1 aliphatic carbocycles. The molecule has 0 heterocycles. The first kappa shape index (κ1) is 27.7. The zero-order valence-corrected chi connectivity index (χ0v) is 21.3. The molecule has 0 aliphatic heterocycles. The van der Waals surface area contributed by atoms with Crippen LogP contribution in [0, 0.1) is 5.41 Å². The van der Waals surface area contributed by atoms with Crippen LogP contribution in [0.2, 0.25) is 0 Å². The van der Waals surface area contributed by atoms with Crippen LogP contribution in [0.15, 0.2) is 4.99 Å². The number of rotatable bonds is 5. The number of guanidine groups is 1. The smallest absolute Gasteiger partial charge is 0.407 e. The number of aliphatic imine (C=N–C) groups is 1. The van der Waals surface area contributed by atoms with Crippen molar-refractivity contribution in [2.45, 2.75) is 84.9 Å². The number of nitrogens with zero attached hydrogens (tertiary/aromatic N) is 1. The zero-order chi connectivity index (χ0) is 21.4. The summed E-state index contributed by atoms with van der Waals surface area (Å²) in [6.45, 7) is 12.4. The van der Waals surface area contributed by atoms with Gasteiger partial charge in [0.1, 0.15) is 5.60 Å². The molecule has 0 unspecified atom stereocenters. The number of carbonyl (C=O) groups excluding carboxylic acids is 2. The predicted octanol–water partition coefficient (Wildman–Crippen LogP) is 2.77. The minimum atomic E-state index is -0.479. The second kappa shape index (κ2) is 12.4. The Morgan fingerprint density at radius 3 is 1.83 bits per heavy atom. The predicted molar refractivity (Wildman–Crippen MR) is 128 cm³/mol. The van der Waals surface area contributed by atoms with E-state index in [9.17, 15) is 9.59 Å². The Bertz CT molecular complexity index is 547. The van der Waals surface area contributed by atoms with Crippen LogP contribution in [0.4, 0.5) is 4.79 Å². The molecule has 170 valence electrons. The van der Waals surface area contributed by atoms with E-state index in [1.165, 1.54) is 0 Å². The highest BCUT2D eigenvalue weighted by Gasteiger charge is 2.25. The minimum absolute atomic E-state index is 0. The molecular weight excluding hydrogens is 485 g/mol. The van der Waals surface area contributed by atoms with Crippen molar-refractivity contribution in [2.75, 3.05) is 20.1 Å². The number of hydrogen-bond acceptors (Lipinski definition) is 4. The highest BCUT2D eigenvalue weighted by molar-refractivity contribution is 14.0. The van der Waals surface area contributed by atoms with Crippen molar-refractivity contribution in [1.29, 1.82) is 0 Å². The van der Waals surface area contributed by atoms with Gasteiger partial charge in [0, 0.05) is 37.6 Å². The summed E-state index contributed by atoms with van der Waals surface area (Å²) in [5.41, 5.74) is -0.862. The summed E-state index contributed by atoms with van der Waals surface area (Å²) in [5.74, 6) is 0.765. The van der Waals surface area contributed by atoms with E-state index in [0.717, 1.165) is 31.6 Å². The highest BCUT2D eigenvalue weighted by Crippen LogP contribution is 2.19. The van der Waals surface area contributed by atoms with Gasteiger partial charge in [-0.25, -0.2) is 4.79 Å². The van der Waals surface area contributed by atoms with Crippen molar-refractivity contribution in [1.82, 2.24) is 21.3 Å². The molecule has 0 saturated heterocycles. The maximum atomic E-state index is 11.9. The number of nitrogens with one attached hydrogen (secondary N) is 4. The van der Waals surface area contributed by atoms with Crippen LogP contribution in [0.25, 0.3) is 0 Å². The Labute approximate surface area is 192 Å². The summed E-state index contributed by atoms with van der Waals surface area (Å²) >= 11 is 0. The second-order valence-electron chi connectivity index (χ2n) is 9.34. The maximum Gasteiger partial charge on any atom is 0.407 e. The van der Waals surface area contributed by atoms with Crippen molar-refractivity contribution in [2.24, 2.45) is 10.4 Å². The fraction of sp³-hybridized carbons (Fsp3) is 0.850. The largest absolute Gasteiger partial charge is 0.444 e. The summed E-state index contributed by atoms with van der Waals surface area (Å²) < 4.78 is 5.32. The molecule has 1 aliphatic rings. The molecule has 1 rings (SSSR count). The Kier molecular flexibility index (Phi) is 11.9. The van der Waals surface area contributed by atoms with Crippen LogP contribution in [-0.4, -0.2) is 55.8 Å². The number of alkyl carbamates (subject to hydrolysis) is 1. The molecule has 0 atom stereocenters. The van der Waals surface area contributed by atoms with Gasteiger partial charge >= 0.3 is 6.09 Å². The fourth-order valence-corrected chi connectivity index (χ4v) is 2.87. The quantitative estimate of drug-likeness (QED) is 0.191. The second-order valence-corrected chi connectivity index (χ2v) is 9.34. The number of amides is 2. The van der Waals surface area contributed by atoms with Gasteiger partial charge in [-0.3, -0.25) is 9.79 Å². The summed E-state index contributed by atoms with van der Waals surface area (Å²) in [7, 11) is 1.73. The van der Waals surface area contributed by atoms with Crippen molar-refractivity contribution in [3.63, 3.8) is 0 Å². The van der Waals surface area contributed by atoms with Gasteiger partial charge in [-0.05, 0) is 46.5 Å². The van der Waals surface area contributed by atoms with E-state index in [-0.39, 0.29) is 47.4 Å². The van der Waals surface area contributed by atoms with Crippen LogP contribution < -0.4 is 21.3 Å². The lowest BCUT2D eigenvalue weighted by atomic mass is 9.91. The maximum absolute atomic E-state index is 11.9. The molecule has 29 heavy (non-hydrogen) atoms. The topological polar surface area (TPSA) is 104 Å². The first-order valence-electron chi connectivity index (χ1n) is 10.2. The normalized spacial score (nSPS) is 20.2. The molecule has 0 spiro atoms. The number of hydrogen-bond donors (Lipinski definition) is 4. The van der Waals surface area contributed by atoms with Crippen LogP contribution in [0.3, 0.4) is 0 Å². The third-order valence-corrected chi connectivity index (χ3v) is 4.40. The molecule has 0 aromatic carbocycles. The number of halogens is 1. The Hall–Kier alpha value is -1.26. The van der Waals surface area contributed by atoms with Gasteiger partial charge in [0.2, 0.25) is 5.91 Å². The summed E-state index contributed by atoms with van der Waals surface area (Å²) in [6, 6.07) is 0.461. The van der Waals surface area contributed by atoms with Crippen LogP contribution in [0.1, 0.15) is 67.2 Å². The monoisotopic (exact) mass is 525 g/mol. The molecule has 1 fully saturated rings. The molecule has 9 heteroatoms. The molecule has 0 aromatic heterocycles. The summed E-state index contributed by atoms with van der Waals surface area (Å²) in [6.07, 6.45) is 3.34. The van der Waals surface area contributed by atoms with Gasteiger partial charge in [-0.1, -0.05) is 20.8 Å². The standard InChI is InChI=1S/C20H39N5O3.HI/c1-19(2,3)16(26)22-12-13-23-17(21-7)24-14-8-10-15(11-9-14)25-18(27)28-20(4,5)6;/h14-15H,8-13H2,1-7H3,(H,22,26)(H,25,27)(H2,21,23,24);1H. The average molecular weight is 525 g/mol. The van der Waals surface area contributed by atoms with Crippen molar-refractivity contribution < 1.29 is 14.3 Å². The van der Waals surface area contributed by atoms with Crippen LogP contribution >= 0.6 is 24.0 Å². The van der Waals surface area contributed by atoms with E-state index in [4.69, 9.17) is 4.74 Å². The van der Waals surface area contributed by atoms with Gasteiger partial charge in [-0.2, -0.15) is 0 Å². The Balaban J connectivity index is 0.00000784. The third kappa shape index (κ3) is 12.1. The summed E-state index contributed by atoms with van der Waals surface area (Å²) in [5, 5.41) is 12.5. The number of carbonyl (C=O) groups is 2. The molecule has 8 nitrogen and oxygen atoms in total. The Morgan fingerprint density at radius 1 is 0.897 bits per heavy atom. The van der Waals surface area contributed by atoms with Crippen molar-refractivity contribution >= 4 is 41.9 Å². The van der Waals surface area contributed by atoms with E-state index < -0.39 is 5.60 Å². The Morgan fingerprint density at radius 2 is 1.38 bits per heavy atom. The van der Waals surface area contributed by atoms with Crippen molar-refractivity contribution in [3.05, 3.63) is 0 Å². The van der Waals surface area contributed by atoms with Gasteiger partial charge in [-0.15, -0.1) is 24.0 Å². The molecule has 4 N–H and O–H groups in total. The molecular formula is C20H40IN5O3. The first-order valence-corrected chi connectivity index (χ1v) is 10.2. The molecule has 0 aromatic rings. The number of ether oxygens (including phenoxy) is 1. The lowest BCUT2D eigenvalue weighted by Crippen LogP contribution is -2.49. The van der Waals surface area contributed by atoms with Gasteiger partial charge < -0.3 is 26.0 Å². The average Bonchev–Trinajstić information content (AvgIpc) is 2.56. The third-order valence-electron chi connectivity index (χ3n) is 4.40. The van der Waals surface area contributed by atoms with Crippen molar-refractivity contribution in [3.8, 4) is 0 Å². The van der Waals surface area contributed by atoms with E-state index >= 15 is 0 Å². The zero-order valence-electron chi connectivity index (χ0n) is 19.0. The SMILES string of the molecule is CN=C(NCCNC(=O)C(C)(C)C)NC1CCC(NC(=O)OC(C)(C)C)CC1.I. The van der Waals surface area contributed by atoms with E-state index in [2.05, 4.69) is 26.3 Å². The fourth-order valence-electron chi connectivity index (χ4n) is 2.87. The molecule has 1 saturated carbocycles. The van der Waals surface area contributed by atoms with Gasteiger partial charge in [0.15, 0.2) is 5.96 Å². The lowest BCUT2D eigenvalue weighted by molar-refractivity contribution is -0.128. The van der Waals surface area contributed by atoms with Crippen LogP contribution in [-0.2, 0) is 9.53 Å². The molecule has 0 bridgehead atoms. The lowest BCUT2D eigenvalue weighted by Gasteiger charge is -2.31. The summed E-state index contributed by atoms with van der Waals surface area (Å²) in [4.78, 5) is 28.0. The van der Waals surface area contributed by atoms with Crippen LogP contribution in [0.5, 0.6) is 0 Å². The van der Waals surface area contributed by atoms with Gasteiger partial charge in [0.05, 0.1) is 0 Å². The van der Waals surface area contributed by atoms with E-state index in [0.29, 0.717) is 19.1 Å². The molecule has 0 radical (unpaired) electrons. The first-order chi connectivity index (χ1) is 12.9.